The smallest absolute Gasteiger partial charge is 0.336 e. The highest BCUT2D eigenvalue weighted by molar-refractivity contribution is 6.01. The highest BCUT2D eigenvalue weighted by Crippen LogP contribution is 2.40. The molecule has 4 N–H and O–H groups in total. The predicted molar refractivity (Wildman–Crippen MR) is 140 cm³/mol. The lowest BCUT2D eigenvalue weighted by molar-refractivity contribution is -0.170. The molecular formula is C27H35FN2O11. The van der Waals surface area contributed by atoms with Crippen LogP contribution in [0.25, 0.3) is 0 Å². The van der Waals surface area contributed by atoms with Gasteiger partial charge in [-0.1, -0.05) is 17.3 Å². The molecule has 1 fully saturated rings. The van der Waals surface area contributed by atoms with Gasteiger partial charge in [-0.2, -0.15) is 0 Å². The van der Waals surface area contributed by atoms with E-state index in [2.05, 4.69) is 10.1 Å². The molecule has 0 radical (unpaired) electrons. The van der Waals surface area contributed by atoms with Gasteiger partial charge in [-0.3, -0.25) is 24.1 Å². The normalized spacial score (nSPS) is 18.2. The van der Waals surface area contributed by atoms with Gasteiger partial charge in [-0.05, 0) is 51.9 Å². The number of halogens is 1. The number of oxime groups is 1. The highest BCUT2D eigenvalue weighted by Gasteiger charge is 2.46. The lowest BCUT2D eigenvalue weighted by Gasteiger charge is -2.40. The summed E-state index contributed by atoms with van der Waals surface area (Å²) >= 11 is 0. The van der Waals surface area contributed by atoms with Crippen LogP contribution in [-0.2, 0) is 33.5 Å². The molecule has 0 bridgehead atoms. The number of nitrogens with zero attached hydrogens (tertiary/aromatic N) is 2. The number of piperidine rings is 1. The molecule has 1 aromatic rings. The number of rotatable bonds is 12. The molecule has 0 amide bonds. The quantitative estimate of drug-likeness (QED) is 0.260. The highest BCUT2D eigenvalue weighted by atomic mass is 19.1. The van der Waals surface area contributed by atoms with Crippen LogP contribution in [0.15, 0.2) is 29.4 Å². The average molecular weight is 583 g/mol. The zero-order valence-corrected chi connectivity index (χ0v) is 22.9. The lowest BCUT2D eigenvalue weighted by Crippen LogP contribution is -2.47. The first-order chi connectivity index (χ1) is 19.2. The number of carboxylic acid groups (broad SMARTS) is 3. The fraction of sp³-hybridized carbons (Fsp3) is 0.556. The Bertz CT molecular complexity index is 1150. The van der Waals surface area contributed by atoms with Gasteiger partial charge in [0.25, 0.3) is 0 Å². The van der Waals surface area contributed by atoms with Crippen molar-refractivity contribution in [2.24, 2.45) is 10.6 Å². The van der Waals surface area contributed by atoms with E-state index in [4.69, 9.17) is 30.0 Å². The van der Waals surface area contributed by atoms with Crippen LogP contribution in [0.3, 0.4) is 0 Å². The van der Waals surface area contributed by atoms with Gasteiger partial charge in [0, 0.05) is 18.4 Å². The van der Waals surface area contributed by atoms with Crippen LogP contribution >= 0.6 is 0 Å². The first-order valence-corrected chi connectivity index (χ1v) is 13.0. The molecule has 13 nitrogen and oxygen atoms in total. The maximum absolute atomic E-state index is 13.5. The van der Waals surface area contributed by atoms with Crippen molar-refractivity contribution in [3.63, 3.8) is 0 Å². The number of carboxylic acids is 3. The monoisotopic (exact) mass is 582 g/mol. The molecule has 2 heterocycles. The Kier molecular flexibility index (Phi) is 11.9. The molecule has 0 spiro atoms. The predicted octanol–water partition coefficient (Wildman–Crippen LogP) is 1.69. The van der Waals surface area contributed by atoms with Gasteiger partial charge in [-0.25, -0.2) is 9.18 Å². The Balaban J connectivity index is 0.000000383. The van der Waals surface area contributed by atoms with Crippen LogP contribution in [0.1, 0.15) is 57.9 Å². The number of carbonyl (C=O) groups excluding carboxylic acids is 2. The van der Waals surface area contributed by atoms with Gasteiger partial charge in [0.15, 0.2) is 5.60 Å². The number of aliphatic carboxylic acids is 3. The second kappa shape index (κ2) is 14.6. The summed E-state index contributed by atoms with van der Waals surface area (Å²) < 4.78 is 18.9. The molecule has 2 aliphatic heterocycles. The third-order valence-electron chi connectivity index (χ3n) is 6.76. The van der Waals surface area contributed by atoms with E-state index in [0.29, 0.717) is 63.2 Å². The van der Waals surface area contributed by atoms with Gasteiger partial charge in [0.2, 0.25) is 0 Å². The number of carbonyl (C=O) groups is 5. The lowest BCUT2D eigenvalue weighted by atomic mass is 9.73. The fourth-order valence-corrected chi connectivity index (χ4v) is 4.76. The minimum absolute atomic E-state index is 0.121. The maximum atomic E-state index is 13.5. The summed E-state index contributed by atoms with van der Waals surface area (Å²) in [6.45, 7) is 5.45. The topological polar surface area (TPSA) is 200 Å². The molecule has 0 aromatic heterocycles. The van der Waals surface area contributed by atoms with E-state index in [0.717, 1.165) is 0 Å². The van der Waals surface area contributed by atoms with Gasteiger partial charge < -0.3 is 30.0 Å². The molecule has 1 atom stereocenters. The third kappa shape index (κ3) is 9.90. The molecule has 2 aliphatic rings. The first kappa shape index (κ1) is 33.3. The minimum Gasteiger partial charge on any atom is -0.481 e. The molecule has 14 heteroatoms. The van der Waals surface area contributed by atoms with Gasteiger partial charge in [0.05, 0.1) is 37.1 Å². The standard InChI is InChI=1S/C21H27FN2O4.C6H8O7/c1-3-27-20(26)21(7-9-24(10-8-21)14-15(2)25)13-18-12-19(23-28-18)16-5-4-6-17(22)11-16;7-3(8)1-6(13,5(11)12)2-4(9)10/h4-6,11,18H,3,7-10,12-14H2,1-2H3;13H,1-2H2,(H,7,8)(H,9,10)(H,11,12). The molecule has 226 valence electrons. The number of Topliss-reactive ketones (excluding diaryl/α,β-unsaturated/α-hetero) is 1. The number of hydrogen-bond acceptors (Lipinski definition) is 10. The van der Waals surface area contributed by atoms with Crippen molar-refractivity contribution in [3.05, 3.63) is 35.6 Å². The zero-order chi connectivity index (χ0) is 30.8. The number of esters is 1. The van der Waals surface area contributed by atoms with E-state index in [-0.39, 0.29) is 23.7 Å². The largest absolute Gasteiger partial charge is 0.481 e. The van der Waals surface area contributed by atoms with Crippen molar-refractivity contribution >= 4 is 35.4 Å². The van der Waals surface area contributed by atoms with Crippen LogP contribution in [0.2, 0.25) is 0 Å². The van der Waals surface area contributed by atoms with E-state index in [9.17, 15) is 28.4 Å². The summed E-state index contributed by atoms with van der Waals surface area (Å²) in [5.74, 6) is -5.42. The molecule has 1 unspecified atom stereocenters. The number of aliphatic hydroxyl groups is 1. The van der Waals surface area contributed by atoms with Crippen molar-refractivity contribution in [2.45, 2.75) is 64.1 Å². The summed E-state index contributed by atoms with van der Waals surface area (Å²) in [5, 5.41) is 37.9. The second-order valence-corrected chi connectivity index (χ2v) is 10.1. The third-order valence-corrected chi connectivity index (χ3v) is 6.76. The van der Waals surface area contributed by atoms with Crippen molar-refractivity contribution in [1.82, 2.24) is 4.90 Å². The number of benzene rings is 1. The fourth-order valence-electron chi connectivity index (χ4n) is 4.76. The van der Waals surface area contributed by atoms with E-state index in [1.807, 2.05) is 0 Å². The van der Waals surface area contributed by atoms with Gasteiger partial charge >= 0.3 is 23.9 Å². The Morgan fingerprint density at radius 1 is 1.12 bits per heavy atom. The second-order valence-electron chi connectivity index (χ2n) is 10.1. The Morgan fingerprint density at radius 3 is 2.22 bits per heavy atom. The Labute approximate surface area is 235 Å². The summed E-state index contributed by atoms with van der Waals surface area (Å²) in [6, 6.07) is 6.27. The van der Waals surface area contributed by atoms with Crippen LogP contribution in [0.4, 0.5) is 4.39 Å². The van der Waals surface area contributed by atoms with Crippen molar-refractivity contribution in [2.75, 3.05) is 26.2 Å². The van der Waals surface area contributed by atoms with E-state index in [1.165, 1.54) is 12.1 Å². The van der Waals surface area contributed by atoms with Crippen molar-refractivity contribution < 1.29 is 58.4 Å². The van der Waals surface area contributed by atoms with Crippen molar-refractivity contribution in [1.29, 1.82) is 0 Å². The van der Waals surface area contributed by atoms with Gasteiger partial charge in [0.1, 0.15) is 17.7 Å². The molecule has 0 saturated carbocycles. The van der Waals surface area contributed by atoms with Crippen LogP contribution in [-0.4, -0.2) is 98.6 Å². The first-order valence-electron chi connectivity index (χ1n) is 13.0. The van der Waals surface area contributed by atoms with Crippen molar-refractivity contribution in [3.8, 4) is 0 Å². The number of ether oxygens (including phenoxy) is 1. The molecular weight excluding hydrogens is 547 g/mol. The Morgan fingerprint density at radius 2 is 1.73 bits per heavy atom. The summed E-state index contributed by atoms with van der Waals surface area (Å²) in [6.07, 6.45) is -0.266. The minimum atomic E-state index is -2.74. The maximum Gasteiger partial charge on any atom is 0.336 e. The SMILES string of the molecule is CCOC(=O)C1(CC2CC(c3cccc(F)c3)=NO2)CCN(CC(C)=O)CC1.O=C(O)CC(O)(CC(=O)O)C(=O)O. The van der Waals surface area contributed by atoms with Crippen LogP contribution in [0, 0.1) is 11.2 Å². The average Bonchev–Trinajstić information content (AvgIpc) is 3.33. The number of hydrogen-bond donors (Lipinski definition) is 4. The summed E-state index contributed by atoms with van der Waals surface area (Å²) in [4.78, 5) is 62.3. The molecule has 1 aromatic carbocycles. The van der Waals surface area contributed by atoms with E-state index in [1.54, 1.807) is 26.0 Å². The van der Waals surface area contributed by atoms with Crippen LogP contribution in [0.5, 0.6) is 0 Å². The van der Waals surface area contributed by atoms with Crippen LogP contribution < -0.4 is 0 Å². The summed E-state index contributed by atoms with van der Waals surface area (Å²) in [5.41, 5.74) is -1.99. The molecule has 1 saturated heterocycles. The van der Waals surface area contributed by atoms with E-state index < -0.39 is 41.8 Å². The molecule has 3 rings (SSSR count). The van der Waals surface area contributed by atoms with Gasteiger partial charge in [-0.15, -0.1) is 0 Å². The molecule has 0 aliphatic carbocycles. The Hall–Kier alpha value is -3.91. The molecule has 41 heavy (non-hydrogen) atoms. The summed E-state index contributed by atoms with van der Waals surface area (Å²) in [7, 11) is 0. The number of ketones is 1. The zero-order valence-electron chi connectivity index (χ0n) is 22.9. The van der Waals surface area contributed by atoms with E-state index >= 15 is 0 Å². The number of likely N-dealkylation sites (tertiary alicyclic amines) is 1.